The summed E-state index contributed by atoms with van der Waals surface area (Å²) in [7, 11) is 0. The molecule has 0 aliphatic carbocycles. The van der Waals surface area contributed by atoms with Crippen LogP contribution in [0.1, 0.15) is 38.7 Å². The molecule has 1 aromatic rings. The number of hydrogen-bond donors (Lipinski definition) is 0. The normalized spacial score (nSPS) is 13.6. The number of unbranched alkanes of at least 4 members (excludes halogenated alkanes) is 1. The van der Waals surface area contributed by atoms with Crippen molar-refractivity contribution in [1.29, 1.82) is 0 Å². The van der Waals surface area contributed by atoms with E-state index in [1.807, 2.05) is 6.92 Å². The maximum absolute atomic E-state index is 12.1. The van der Waals surface area contributed by atoms with Crippen LogP contribution < -0.4 is 0 Å². The van der Waals surface area contributed by atoms with Crippen LogP contribution in [0.25, 0.3) is 0 Å². The van der Waals surface area contributed by atoms with Gasteiger partial charge in [0, 0.05) is 16.9 Å². The third-order valence-corrected chi connectivity index (χ3v) is 3.07. The third-order valence-electron chi connectivity index (χ3n) is 3.07. The molecule has 1 unspecified atom stereocenters. The molecular formula is C14H19NO4. The van der Waals surface area contributed by atoms with Crippen LogP contribution in [0.2, 0.25) is 0 Å². The third kappa shape index (κ3) is 3.10. The van der Waals surface area contributed by atoms with Gasteiger partial charge in [-0.15, -0.1) is 0 Å². The van der Waals surface area contributed by atoms with Gasteiger partial charge >= 0.3 is 11.5 Å². The van der Waals surface area contributed by atoms with Gasteiger partial charge in [-0.05, 0) is 13.3 Å². The van der Waals surface area contributed by atoms with Crippen LogP contribution in [0, 0.1) is 10.1 Å². The molecule has 1 aromatic carbocycles. The smallest absolute Gasteiger partial charge is 0.389 e. The van der Waals surface area contributed by atoms with Gasteiger partial charge in [0.1, 0.15) is 0 Å². The minimum atomic E-state index is -1.78. The summed E-state index contributed by atoms with van der Waals surface area (Å²) in [4.78, 5) is 23.2. The van der Waals surface area contributed by atoms with E-state index in [9.17, 15) is 14.9 Å². The molecule has 0 aromatic heterocycles. The van der Waals surface area contributed by atoms with Gasteiger partial charge in [-0.25, -0.2) is 4.79 Å². The number of carbonyl (C=O) groups excluding carboxylic acids is 1. The standard InChI is InChI=1S/C14H19NO4/c1-3-5-11-14(15(17)18,13(16)19-4-2)12-9-7-6-8-10-12/h6-10H,3-5,11H2,1-2H3. The fourth-order valence-corrected chi connectivity index (χ4v) is 2.03. The first kappa shape index (κ1) is 15.1. The molecule has 1 atom stereocenters. The zero-order valence-corrected chi connectivity index (χ0v) is 11.3. The monoisotopic (exact) mass is 265 g/mol. The van der Waals surface area contributed by atoms with Crippen molar-refractivity contribution in [2.75, 3.05) is 6.61 Å². The summed E-state index contributed by atoms with van der Waals surface area (Å²) in [5.74, 6) is -0.778. The first-order chi connectivity index (χ1) is 9.09. The summed E-state index contributed by atoms with van der Waals surface area (Å²) in [5.41, 5.74) is -1.40. The molecule has 104 valence electrons. The van der Waals surface area contributed by atoms with Gasteiger partial charge in [-0.2, -0.15) is 0 Å². The Morgan fingerprint density at radius 3 is 2.42 bits per heavy atom. The predicted octanol–water partition coefficient (Wildman–Crippen LogP) is 2.91. The lowest BCUT2D eigenvalue weighted by Crippen LogP contribution is -2.44. The summed E-state index contributed by atoms with van der Waals surface area (Å²) in [5, 5.41) is 11.5. The fourth-order valence-electron chi connectivity index (χ4n) is 2.03. The van der Waals surface area contributed by atoms with Crippen LogP contribution >= 0.6 is 0 Å². The Morgan fingerprint density at radius 1 is 1.32 bits per heavy atom. The van der Waals surface area contributed by atoms with Gasteiger partial charge in [0.2, 0.25) is 0 Å². The van der Waals surface area contributed by atoms with Crippen LogP contribution in [-0.2, 0) is 15.1 Å². The van der Waals surface area contributed by atoms with E-state index in [1.54, 1.807) is 37.3 Å². The van der Waals surface area contributed by atoms with Crippen LogP contribution in [-0.4, -0.2) is 17.5 Å². The Kier molecular flexibility index (Phi) is 5.48. The Labute approximate surface area is 112 Å². The summed E-state index contributed by atoms with van der Waals surface area (Å²) >= 11 is 0. The Bertz CT molecular complexity index is 432. The molecule has 0 aliphatic heterocycles. The zero-order valence-electron chi connectivity index (χ0n) is 11.3. The first-order valence-electron chi connectivity index (χ1n) is 6.46. The minimum absolute atomic E-state index is 0.132. The van der Waals surface area contributed by atoms with Crippen LogP contribution in [0.4, 0.5) is 0 Å². The summed E-state index contributed by atoms with van der Waals surface area (Å²) < 4.78 is 4.94. The van der Waals surface area contributed by atoms with Crippen molar-refractivity contribution in [3.05, 3.63) is 46.0 Å². The SMILES string of the molecule is CCCCC(C(=O)OCC)(c1ccccc1)[N+](=O)[O-]. The number of nitro groups is 1. The second-order valence-electron chi connectivity index (χ2n) is 4.31. The van der Waals surface area contributed by atoms with Crippen molar-refractivity contribution in [3.8, 4) is 0 Å². The van der Waals surface area contributed by atoms with Crippen molar-refractivity contribution >= 4 is 5.97 Å². The van der Waals surface area contributed by atoms with Crippen LogP contribution in [0.3, 0.4) is 0 Å². The van der Waals surface area contributed by atoms with Gasteiger partial charge in [0.25, 0.3) is 0 Å². The summed E-state index contributed by atoms with van der Waals surface area (Å²) in [6, 6.07) is 8.36. The molecule has 0 amide bonds. The van der Waals surface area contributed by atoms with Crippen LogP contribution in [0.5, 0.6) is 0 Å². The van der Waals surface area contributed by atoms with Crippen molar-refractivity contribution in [3.63, 3.8) is 0 Å². The maximum atomic E-state index is 12.1. The second kappa shape index (κ2) is 6.87. The molecule has 5 heteroatoms. The number of benzene rings is 1. The van der Waals surface area contributed by atoms with Gasteiger partial charge in [-0.1, -0.05) is 43.7 Å². The van der Waals surface area contributed by atoms with Gasteiger partial charge in [-0.3, -0.25) is 10.1 Å². The highest BCUT2D eigenvalue weighted by atomic mass is 16.6. The molecule has 0 heterocycles. The van der Waals surface area contributed by atoms with E-state index in [0.717, 1.165) is 6.42 Å². The minimum Gasteiger partial charge on any atom is -0.460 e. The molecule has 0 saturated carbocycles. The average Bonchev–Trinajstić information content (AvgIpc) is 2.41. The fraction of sp³-hybridized carbons (Fsp3) is 0.500. The highest BCUT2D eigenvalue weighted by Gasteiger charge is 2.53. The van der Waals surface area contributed by atoms with E-state index in [-0.39, 0.29) is 13.0 Å². The maximum Gasteiger partial charge on any atom is 0.389 e. The van der Waals surface area contributed by atoms with Crippen LogP contribution in [0.15, 0.2) is 30.3 Å². The number of nitrogens with zero attached hydrogens (tertiary/aromatic N) is 1. The molecule has 0 radical (unpaired) electrons. The van der Waals surface area contributed by atoms with E-state index in [0.29, 0.717) is 12.0 Å². The van der Waals surface area contributed by atoms with Crippen molar-refractivity contribution in [2.24, 2.45) is 0 Å². The van der Waals surface area contributed by atoms with Gasteiger partial charge in [0.05, 0.1) is 6.61 Å². The number of ether oxygens (including phenoxy) is 1. The van der Waals surface area contributed by atoms with E-state index >= 15 is 0 Å². The number of carbonyl (C=O) groups is 1. The summed E-state index contributed by atoms with van der Waals surface area (Å²) in [6.07, 6.45) is 1.52. The second-order valence-corrected chi connectivity index (χ2v) is 4.31. The predicted molar refractivity (Wildman–Crippen MR) is 71.3 cm³/mol. The lowest BCUT2D eigenvalue weighted by atomic mass is 9.85. The van der Waals surface area contributed by atoms with E-state index < -0.39 is 16.4 Å². The number of rotatable bonds is 7. The highest BCUT2D eigenvalue weighted by Crippen LogP contribution is 2.32. The Morgan fingerprint density at radius 2 is 1.95 bits per heavy atom. The van der Waals surface area contributed by atoms with E-state index in [1.165, 1.54) is 0 Å². The van der Waals surface area contributed by atoms with Crippen molar-refractivity contribution < 1.29 is 14.5 Å². The zero-order chi connectivity index (χ0) is 14.3. The molecule has 0 N–H and O–H groups in total. The quantitative estimate of drug-likeness (QED) is 0.432. The average molecular weight is 265 g/mol. The molecule has 19 heavy (non-hydrogen) atoms. The topological polar surface area (TPSA) is 69.4 Å². The molecular weight excluding hydrogens is 246 g/mol. The number of esters is 1. The molecule has 0 fully saturated rings. The first-order valence-corrected chi connectivity index (χ1v) is 6.46. The van der Waals surface area contributed by atoms with E-state index in [4.69, 9.17) is 4.74 Å². The molecule has 1 rings (SSSR count). The van der Waals surface area contributed by atoms with Crippen molar-refractivity contribution in [2.45, 2.75) is 38.6 Å². The molecule has 0 saturated heterocycles. The molecule has 0 aliphatic rings. The molecule has 0 spiro atoms. The lowest BCUT2D eigenvalue weighted by Gasteiger charge is -2.23. The largest absolute Gasteiger partial charge is 0.460 e. The molecule has 5 nitrogen and oxygen atoms in total. The Hall–Kier alpha value is -1.91. The van der Waals surface area contributed by atoms with Gasteiger partial charge < -0.3 is 4.74 Å². The lowest BCUT2D eigenvalue weighted by molar-refractivity contribution is -0.565. The highest BCUT2D eigenvalue weighted by molar-refractivity contribution is 5.81. The van der Waals surface area contributed by atoms with Crippen molar-refractivity contribution in [1.82, 2.24) is 0 Å². The summed E-state index contributed by atoms with van der Waals surface area (Å²) in [6.45, 7) is 3.71. The van der Waals surface area contributed by atoms with E-state index in [2.05, 4.69) is 0 Å². The van der Waals surface area contributed by atoms with Gasteiger partial charge in [0.15, 0.2) is 0 Å². The Balaban J connectivity index is 3.27. The molecule has 0 bridgehead atoms. The number of hydrogen-bond acceptors (Lipinski definition) is 4.